The van der Waals surface area contributed by atoms with Crippen LogP contribution in [0.2, 0.25) is 0 Å². The van der Waals surface area contributed by atoms with Crippen molar-refractivity contribution in [2.75, 3.05) is 26.2 Å². The summed E-state index contributed by atoms with van der Waals surface area (Å²) in [7, 11) is 0. The lowest BCUT2D eigenvalue weighted by Gasteiger charge is -2.29. The topological polar surface area (TPSA) is 387 Å². The second-order valence-corrected chi connectivity index (χ2v) is 16.5. The molecule has 1 heterocycles. The van der Waals surface area contributed by atoms with Crippen molar-refractivity contribution >= 4 is 59.2 Å². The third kappa shape index (κ3) is 20.8. The van der Waals surface area contributed by atoms with Gasteiger partial charge < -0.3 is 70.6 Å². The molecule has 0 aromatic rings. The number of amides is 8. The van der Waals surface area contributed by atoms with E-state index in [2.05, 4.69) is 47.5 Å². The number of carboxylic acid groups (broad SMARTS) is 1. The minimum Gasteiger partial charge on any atom is -0.480 e. The highest BCUT2D eigenvalue weighted by molar-refractivity contribution is 5.98. The van der Waals surface area contributed by atoms with E-state index in [4.69, 9.17) is 22.9 Å². The van der Waals surface area contributed by atoms with Crippen molar-refractivity contribution in [1.82, 2.24) is 42.5 Å². The molecule has 1 saturated heterocycles. The number of aliphatic imine (C=N–C) groups is 1. The van der Waals surface area contributed by atoms with Gasteiger partial charge in [-0.15, -0.1) is 0 Å². The van der Waals surface area contributed by atoms with E-state index in [0.717, 1.165) is 6.42 Å². The van der Waals surface area contributed by atoms with Crippen molar-refractivity contribution in [3.8, 4) is 0 Å². The lowest BCUT2D eigenvalue weighted by Crippen LogP contribution is -2.61. The summed E-state index contributed by atoms with van der Waals surface area (Å²) >= 11 is 0. The molecule has 62 heavy (non-hydrogen) atoms. The van der Waals surface area contributed by atoms with Gasteiger partial charge in [-0.05, 0) is 82.2 Å². The zero-order valence-corrected chi connectivity index (χ0v) is 36.8. The van der Waals surface area contributed by atoms with E-state index >= 15 is 0 Å². The Balaban J connectivity index is 3.20. The predicted molar refractivity (Wildman–Crippen MR) is 229 cm³/mol. The zero-order chi connectivity index (χ0) is 47.1. The zero-order valence-electron chi connectivity index (χ0n) is 36.8. The molecule has 23 heteroatoms. The van der Waals surface area contributed by atoms with Crippen molar-refractivity contribution in [3.63, 3.8) is 0 Å². The molecule has 7 atom stereocenters. The lowest BCUT2D eigenvalue weighted by molar-refractivity contribution is -0.143. The lowest BCUT2D eigenvalue weighted by atomic mass is 9.98. The number of nitrogens with two attached hydrogens (primary N) is 4. The molecule has 0 bridgehead atoms. The summed E-state index contributed by atoms with van der Waals surface area (Å²) in [6.45, 7) is 10.6. The average molecular weight is 882 g/mol. The van der Waals surface area contributed by atoms with Gasteiger partial charge in [0, 0.05) is 6.54 Å². The van der Waals surface area contributed by atoms with Gasteiger partial charge in [0.2, 0.25) is 47.3 Å². The highest BCUT2D eigenvalue weighted by atomic mass is 16.4. The summed E-state index contributed by atoms with van der Waals surface area (Å²) in [5.74, 6) is -8.85. The minimum atomic E-state index is -1.64. The van der Waals surface area contributed by atoms with E-state index in [0.29, 0.717) is 32.4 Å². The van der Waals surface area contributed by atoms with Crippen LogP contribution in [0, 0.1) is 17.8 Å². The van der Waals surface area contributed by atoms with Crippen LogP contribution in [0.15, 0.2) is 4.99 Å². The standard InChI is InChI=1S/C39H71N13O10/c1-20(2)17-27(38(61)62)50-36(59)30(21(3)4)52-37(60)31(22(5)6)51-35(58)26(18-28(41)53)49-34(57)25(13-10-16-45-39(42)43)47-29(54)19-46-32(55)24(11-7-8-14-40)48-33(56)23-12-9-15-44-23/h20-27,30-31,44H,7-19,40H2,1-6H3,(H2,41,53)(H,46,55)(H,47,54)(H,48,56)(H,49,57)(H,50,59)(H,51,58)(H,52,60)(H,61,62)(H4,42,43,45)/t23-,24-,25-,26-,27-,30-,31-/m0/s1. The highest BCUT2D eigenvalue weighted by Gasteiger charge is 2.35. The van der Waals surface area contributed by atoms with Crippen molar-refractivity contribution < 1.29 is 48.3 Å². The molecular formula is C39H71N13O10. The fourth-order valence-corrected chi connectivity index (χ4v) is 6.45. The smallest absolute Gasteiger partial charge is 0.326 e. The first-order valence-electron chi connectivity index (χ1n) is 21.2. The summed E-state index contributed by atoms with van der Waals surface area (Å²) in [5, 5.41) is 30.4. The van der Waals surface area contributed by atoms with Gasteiger partial charge in [0.25, 0.3) is 0 Å². The molecule has 0 radical (unpaired) electrons. The Labute approximate surface area is 363 Å². The van der Waals surface area contributed by atoms with E-state index < -0.39 is 114 Å². The Morgan fingerprint density at radius 1 is 0.677 bits per heavy atom. The highest BCUT2D eigenvalue weighted by Crippen LogP contribution is 2.11. The van der Waals surface area contributed by atoms with Gasteiger partial charge in [0.15, 0.2) is 5.96 Å². The maximum Gasteiger partial charge on any atom is 0.326 e. The molecule has 23 nitrogen and oxygen atoms in total. The molecule has 1 aliphatic heterocycles. The maximum atomic E-state index is 13.7. The average Bonchev–Trinajstić information content (AvgIpc) is 3.73. The Morgan fingerprint density at radius 3 is 1.74 bits per heavy atom. The van der Waals surface area contributed by atoms with Crippen LogP contribution in [0.1, 0.15) is 99.3 Å². The van der Waals surface area contributed by atoms with Gasteiger partial charge in [-0.3, -0.25) is 43.3 Å². The molecule has 0 aromatic carbocycles. The summed E-state index contributed by atoms with van der Waals surface area (Å²) in [4.78, 5) is 121. The fourth-order valence-electron chi connectivity index (χ4n) is 6.45. The normalized spacial score (nSPS) is 16.5. The number of unbranched alkanes of at least 4 members (excludes halogenated alkanes) is 1. The molecule has 1 rings (SSSR count). The number of hydrogen-bond acceptors (Lipinski definition) is 12. The number of nitrogens with one attached hydrogen (secondary N) is 8. The van der Waals surface area contributed by atoms with Gasteiger partial charge in [-0.2, -0.15) is 0 Å². The summed E-state index contributed by atoms with van der Waals surface area (Å²) in [6, 6.07) is -8.12. The SMILES string of the molecule is CC(C)C[C@H](NC(=O)[C@@H](NC(=O)[C@@H](NC(=O)[C@H](CC(N)=O)NC(=O)[C@H](CCCN=C(N)N)NC(=O)CNC(=O)[C@H](CCCCN)NC(=O)[C@@H]1CCCN1)C(C)C)C(C)C)C(=O)O. The molecule has 0 spiro atoms. The van der Waals surface area contributed by atoms with Crippen molar-refractivity contribution in [2.24, 2.45) is 45.7 Å². The Kier molecular flexibility index (Phi) is 24.7. The first kappa shape index (κ1) is 54.4. The minimum absolute atomic E-state index is 0.0548. The quantitative estimate of drug-likeness (QED) is 0.0195. The van der Waals surface area contributed by atoms with E-state index in [1.807, 2.05) is 0 Å². The van der Waals surface area contributed by atoms with Crippen LogP contribution in [-0.4, -0.2) is 133 Å². The molecule has 0 aromatic heterocycles. The number of carbonyl (C=O) groups excluding carboxylic acids is 8. The molecule has 1 aliphatic rings. The molecule has 352 valence electrons. The van der Waals surface area contributed by atoms with E-state index in [1.54, 1.807) is 41.5 Å². The van der Waals surface area contributed by atoms with Gasteiger partial charge in [-0.25, -0.2) is 4.79 Å². The monoisotopic (exact) mass is 882 g/mol. The summed E-state index contributed by atoms with van der Waals surface area (Å²) in [5.41, 5.74) is 21.9. The Morgan fingerprint density at radius 2 is 1.23 bits per heavy atom. The molecular weight excluding hydrogens is 811 g/mol. The van der Waals surface area contributed by atoms with Crippen molar-refractivity contribution in [1.29, 1.82) is 0 Å². The third-order valence-corrected chi connectivity index (χ3v) is 9.83. The fraction of sp³-hybridized carbons (Fsp3) is 0.744. The van der Waals surface area contributed by atoms with Crippen molar-refractivity contribution in [3.05, 3.63) is 0 Å². The van der Waals surface area contributed by atoms with Crippen LogP contribution in [0.25, 0.3) is 0 Å². The van der Waals surface area contributed by atoms with E-state index in [9.17, 15) is 48.3 Å². The summed E-state index contributed by atoms with van der Waals surface area (Å²) < 4.78 is 0. The van der Waals surface area contributed by atoms with Crippen molar-refractivity contribution in [2.45, 2.75) is 142 Å². The first-order valence-corrected chi connectivity index (χ1v) is 21.2. The first-order chi connectivity index (χ1) is 29.1. The molecule has 1 fully saturated rings. The number of hydrogen-bond donors (Lipinski definition) is 13. The van der Waals surface area contributed by atoms with Crippen LogP contribution in [0.5, 0.6) is 0 Å². The second-order valence-electron chi connectivity index (χ2n) is 16.5. The number of carboxylic acids is 1. The molecule has 17 N–H and O–H groups in total. The van der Waals surface area contributed by atoms with Gasteiger partial charge in [-0.1, -0.05) is 41.5 Å². The molecule has 0 unspecified atom stereocenters. The maximum absolute atomic E-state index is 13.7. The molecule has 0 aliphatic carbocycles. The number of aliphatic carboxylic acids is 1. The number of carbonyl (C=O) groups is 9. The van der Waals surface area contributed by atoms with Crippen LogP contribution in [0.3, 0.4) is 0 Å². The summed E-state index contributed by atoms with van der Waals surface area (Å²) in [6.07, 6.45) is 2.33. The number of nitrogens with zero attached hydrogens (tertiary/aromatic N) is 1. The van der Waals surface area contributed by atoms with E-state index in [-0.39, 0.29) is 50.0 Å². The van der Waals surface area contributed by atoms with Gasteiger partial charge >= 0.3 is 5.97 Å². The second kappa shape index (κ2) is 28.1. The third-order valence-electron chi connectivity index (χ3n) is 9.83. The number of guanidine groups is 1. The van der Waals surface area contributed by atoms with Gasteiger partial charge in [0.1, 0.15) is 36.3 Å². The Hall–Kier alpha value is -5.58. The largest absolute Gasteiger partial charge is 0.480 e. The Bertz CT molecular complexity index is 1570. The predicted octanol–water partition coefficient (Wildman–Crippen LogP) is -3.74. The van der Waals surface area contributed by atoms with Crippen LogP contribution in [-0.2, 0) is 43.2 Å². The molecule has 8 amide bonds. The number of primary amides is 1. The van der Waals surface area contributed by atoms with E-state index in [1.165, 1.54) is 0 Å². The van der Waals surface area contributed by atoms with Crippen LogP contribution in [0.4, 0.5) is 0 Å². The molecule has 0 saturated carbocycles. The van der Waals surface area contributed by atoms with Crippen LogP contribution < -0.4 is 65.5 Å². The van der Waals surface area contributed by atoms with Gasteiger partial charge in [0.05, 0.1) is 19.0 Å². The van der Waals surface area contributed by atoms with Crippen LogP contribution >= 0.6 is 0 Å². The number of rotatable bonds is 29.